The molecule has 3 heteroatoms. The van der Waals surface area contributed by atoms with E-state index in [2.05, 4.69) is 200 Å². The van der Waals surface area contributed by atoms with Crippen molar-refractivity contribution in [3.05, 3.63) is 200 Å². The summed E-state index contributed by atoms with van der Waals surface area (Å²) in [6.07, 6.45) is 0.910. The zero-order valence-corrected chi connectivity index (χ0v) is 30.2. The van der Waals surface area contributed by atoms with Crippen LogP contribution >= 0.6 is 15.2 Å². The zero-order chi connectivity index (χ0) is 34.0. The molecule has 9 aromatic rings. The van der Waals surface area contributed by atoms with E-state index in [1.54, 1.807) is 0 Å². The summed E-state index contributed by atoms with van der Waals surface area (Å²) < 4.78 is 6.74. The van der Waals surface area contributed by atoms with Gasteiger partial charge in [-0.2, -0.15) is 0 Å². The van der Waals surface area contributed by atoms with Gasteiger partial charge < -0.3 is 0 Å². The molecule has 0 N–H and O–H groups in total. The molecule has 9 rings (SSSR count). The van der Waals surface area contributed by atoms with Crippen LogP contribution in [0.25, 0.3) is 32.3 Å². The summed E-state index contributed by atoms with van der Waals surface area (Å²) in [4.78, 5) is 0. The molecular weight excluding hydrogens is 654 g/mol. The fourth-order valence-electron chi connectivity index (χ4n) is 8.07. The van der Waals surface area contributed by atoms with Crippen LogP contribution in [-0.4, -0.2) is 12.8 Å². The monoisotopic (exact) mass is 692 g/mol. The van der Waals surface area contributed by atoms with E-state index in [0.717, 1.165) is 11.9 Å². The predicted octanol–water partition coefficient (Wildman–Crippen LogP) is 9.45. The minimum absolute atomic E-state index is 0.615. The van der Waals surface area contributed by atoms with E-state index in [4.69, 9.17) is 4.74 Å². The fraction of sp³-hybridized carbons (Fsp3) is 0.0417. The molecule has 51 heavy (non-hydrogen) atoms. The van der Waals surface area contributed by atoms with Crippen molar-refractivity contribution in [3.8, 4) is 5.75 Å². The van der Waals surface area contributed by atoms with Gasteiger partial charge in [-0.3, -0.25) is 0 Å². The van der Waals surface area contributed by atoms with Gasteiger partial charge in [0.15, 0.2) is 0 Å². The van der Waals surface area contributed by atoms with Crippen molar-refractivity contribution in [2.75, 3.05) is 12.8 Å². The Morgan fingerprint density at radius 2 is 0.863 bits per heavy atom. The van der Waals surface area contributed by atoms with Gasteiger partial charge in [0.05, 0.1) is 0 Å². The van der Waals surface area contributed by atoms with E-state index in [9.17, 15) is 0 Å². The molecule has 0 aromatic heterocycles. The van der Waals surface area contributed by atoms with Crippen LogP contribution < -0.4 is 36.6 Å². The SMILES string of the molecule is c1ccc(P(c2ccccc2)c2ccc(OCC[PH](c3ccccc3)(c3ccccc3)c3ccc4ccc5cccc6ccc3c4c56)cc2)cc1. The van der Waals surface area contributed by atoms with Gasteiger partial charge in [-0.25, -0.2) is 0 Å². The van der Waals surface area contributed by atoms with Crippen LogP contribution in [0.5, 0.6) is 5.75 Å². The number of hydrogen-bond acceptors (Lipinski definition) is 1. The first kappa shape index (κ1) is 31.6. The third-order valence-corrected chi connectivity index (χ3v) is 17.8. The summed E-state index contributed by atoms with van der Waals surface area (Å²) in [6.45, 7) is 0.615. The maximum atomic E-state index is 6.74. The van der Waals surface area contributed by atoms with Crippen LogP contribution in [0, 0.1) is 0 Å². The molecule has 0 bridgehead atoms. The standard InChI is InChI=1S/C48H38OP2/c1-5-16-40(17-6-1)50(41-18-7-2-8-19-41)42-30-28-39(29-31-42)49-34-35-51(43-20-9-3-10-21-43,44-22-11-4-12-23-44)46-33-27-38-25-24-36-14-13-15-37-26-32-45(46)48(38)47(36)37/h1-33,51H,34-35H2. The number of benzene rings is 9. The summed E-state index contributed by atoms with van der Waals surface area (Å²) in [5.74, 6) is 0.911. The molecular formula is C48H38OP2. The molecule has 0 unspecified atom stereocenters. The minimum atomic E-state index is -2.61. The molecule has 0 aliphatic carbocycles. The van der Waals surface area contributed by atoms with Crippen molar-refractivity contribution in [2.45, 2.75) is 0 Å². The Bertz CT molecular complexity index is 2440. The van der Waals surface area contributed by atoms with Crippen LogP contribution in [-0.2, 0) is 0 Å². The molecule has 0 amide bonds. The molecule has 0 atom stereocenters. The normalized spacial score (nSPS) is 12.2. The van der Waals surface area contributed by atoms with Gasteiger partial charge in [0, 0.05) is 0 Å². The van der Waals surface area contributed by atoms with Crippen LogP contribution in [0.4, 0.5) is 0 Å². The fourth-order valence-corrected chi connectivity index (χ4v) is 15.1. The van der Waals surface area contributed by atoms with Crippen LogP contribution in [0.1, 0.15) is 0 Å². The van der Waals surface area contributed by atoms with Crippen LogP contribution in [0.15, 0.2) is 200 Å². The molecule has 246 valence electrons. The second kappa shape index (κ2) is 13.8. The molecule has 0 aliphatic rings. The third kappa shape index (κ3) is 5.78. The topological polar surface area (TPSA) is 9.23 Å². The molecule has 1 nitrogen and oxygen atoms in total. The van der Waals surface area contributed by atoms with Gasteiger partial charge >= 0.3 is 303 Å². The maximum absolute atomic E-state index is 6.74. The molecule has 0 heterocycles. The quantitative estimate of drug-likeness (QED) is 0.103. The van der Waals surface area contributed by atoms with Crippen LogP contribution in [0.3, 0.4) is 0 Å². The summed E-state index contributed by atoms with van der Waals surface area (Å²) in [5, 5.41) is 16.3. The first-order chi connectivity index (χ1) is 25.3. The predicted molar refractivity (Wildman–Crippen MR) is 226 cm³/mol. The van der Waals surface area contributed by atoms with Crippen LogP contribution in [0.2, 0.25) is 0 Å². The second-order valence-electron chi connectivity index (χ2n) is 13.2. The van der Waals surface area contributed by atoms with Gasteiger partial charge in [-0.15, -0.1) is 0 Å². The van der Waals surface area contributed by atoms with Crippen molar-refractivity contribution in [1.29, 1.82) is 0 Å². The molecule has 0 fully saturated rings. The van der Waals surface area contributed by atoms with Gasteiger partial charge in [-0.1, -0.05) is 0 Å². The van der Waals surface area contributed by atoms with Gasteiger partial charge in [0.1, 0.15) is 0 Å². The number of ether oxygens (including phenoxy) is 1. The Morgan fingerprint density at radius 3 is 1.43 bits per heavy atom. The van der Waals surface area contributed by atoms with Gasteiger partial charge in [0.2, 0.25) is 0 Å². The summed E-state index contributed by atoms with van der Waals surface area (Å²) >= 11 is 0. The summed E-state index contributed by atoms with van der Waals surface area (Å²) in [7, 11) is -3.27. The summed E-state index contributed by atoms with van der Waals surface area (Å²) in [5.41, 5.74) is 0. The summed E-state index contributed by atoms with van der Waals surface area (Å²) in [6, 6.07) is 73.8. The van der Waals surface area contributed by atoms with Crippen molar-refractivity contribution in [2.24, 2.45) is 0 Å². The first-order valence-electron chi connectivity index (χ1n) is 17.7. The Morgan fingerprint density at radius 1 is 0.392 bits per heavy atom. The van der Waals surface area contributed by atoms with Crippen molar-refractivity contribution in [1.82, 2.24) is 0 Å². The molecule has 9 aromatic carbocycles. The van der Waals surface area contributed by atoms with Gasteiger partial charge in [-0.05, 0) is 0 Å². The van der Waals surface area contributed by atoms with E-state index >= 15 is 0 Å². The van der Waals surface area contributed by atoms with Gasteiger partial charge in [0.25, 0.3) is 0 Å². The Balaban J connectivity index is 1.12. The third-order valence-electron chi connectivity index (χ3n) is 10.4. The average Bonchev–Trinajstić information content (AvgIpc) is 3.21. The Labute approximate surface area is 301 Å². The zero-order valence-electron chi connectivity index (χ0n) is 28.3. The Hall–Kier alpha value is -5.32. The first-order valence-corrected chi connectivity index (χ1v) is 21.3. The van der Waals surface area contributed by atoms with E-state index in [0.29, 0.717) is 6.61 Å². The van der Waals surface area contributed by atoms with E-state index in [1.165, 1.54) is 64.1 Å². The average molecular weight is 693 g/mol. The number of hydrogen-bond donors (Lipinski definition) is 0. The molecule has 0 saturated heterocycles. The molecule has 0 spiro atoms. The molecule has 0 radical (unpaired) electrons. The van der Waals surface area contributed by atoms with Crippen molar-refractivity contribution < 1.29 is 4.74 Å². The van der Waals surface area contributed by atoms with Crippen molar-refractivity contribution in [3.63, 3.8) is 0 Å². The van der Waals surface area contributed by atoms with E-state index in [-0.39, 0.29) is 0 Å². The van der Waals surface area contributed by atoms with E-state index in [1.807, 2.05) is 0 Å². The second-order valence-corrected chi connectivity index (χ2v) is 19.4. The van der Waals surface area contributed by atoms with Crippen molar-refractivity contribution >= 4 is 79.3 Å². The molecule has 0 saturated carbocycles. The Kier molecular flexibility index (Phi) is 8.54. The number of rotatable bonds is 10. The van der Waals surface area contributed by atoms with E-state index < -0.39 is 15.2 Å². The molecule has 0 aliphatic heterocycles.